The summed E-state index contributed by atoms with van der Waals surface area (Å²) in [5.41, 5.74) is 0.855. The number of rotatable bonds is 8. The average Bonchev–Trinajstić information content (AvgIpc) is 3.13. The Morgan fingerprint density at radius 3 is 2.36 bits per heavy atom. The first-order chi connectivity index (χ1) is 17.2. The minimum atomic E-state index is -4.08. The van der Waals surface area contributed by atoms with Gasteiger partial charge in [0.15, 0.2) is 17.3 Å². The highest BCUT2D eigenvalue weighted by Crippen LogP contribution is 2.35. The summed E-state index contributed by atoms with van der Waals surface area (Å²) in [5, 5.41) is -0.558. The van der Waals surface area contributed by atoms with Gasteiger partial charge in [-0.1, -0.05) is 52.3 Å². The summed E-state index contributed by atoms with van der Waals surface area (Å²) < 4.78 is 36.4. The van der Waals surface area contributed by atoms with Crippen LogP contribution in [0.4, 0.5) is 4.79 Å². The number of imide groups is 1. The van der Waals surface area contributed by atoms with Crippen molar-refractivity contribution >= 4 is 60.8 Å². The van der Waals surface area contributed by atoms with E-state index in [1.54, 1.807) is 42.5 Å². The van der Waals surface area contributed by atoms with Crippen LogP contribution in [0.2, 0.25) is 0 Å². The SMILES string of the molecule is COc1cc(/C=C2\SC(=O)N(CC(=O)c3ccc(Br)cc3)C2=O)ccc1OS(=O)(=O)c1ccccc1. The van der Waals surface area contributed by atoms with Crippen molar-refractivity contribution in [1.82, 2.24) is 4.90 Å². The molecule has 0 spiro atoms. The number of benzene rings is 3. The second-order valence-electron chi connectivity index (χ2n) is 7.46. The highest BCUT2D eigenvalue weighted by molar-refractivity contribution is 9.10. The lowest BCUT2D eigenvalue weighted by Crippen LogP contribution is -2.33. The van der Waals surface area contributed by atoms with Crippen molar-refractivity contribution in [2.45, 2.75) is 4.90 Å². The van der Waals surface area contributed by atoms with E-state index in [0.717, 1.165) is 9.37 Å². The normalized spacial score (nSPS) is 14.8. The highest BCUT2D eigenvalue weighted by Gasteiger charge is 2.36. The zero-order valence-corrected chi connectivity index (χ0v) is 21.9. The Morgan fingerprint density at radius 1 is 1.00 bits per heavy atom. The fraction of sp³-hybridized carbons (Fsp3) is 0.0800. The molecule has 11 heteroatoms. The van der Waals surface area contributed by atoms with E-state index in [4.69, 9.17) is 8.92 Å². The summed E-state index contributed by atoms with van der Waals surface area (Å²) in [6.45, 7) is -0.378. The molecule has 0 bridgehead atoms. The molecule has 0 aromatic heterocycles. The van der Waals surface area contributed by atoms with Crippen LogP contribution in [-0.4, -0.2) is 43.9 Å². The van der Waals surface area contributed by atoms with Gasteiger partial charge in [0.2, 0.25) is 0 Å². The smallest absolute Gasteiger partial charge is 0.339 e. The van der Waals surface area contributed by atoms with Crippen LogP contribution >= 0.6 is 27.7 Å². The third kappa shape index (κ3) is 5.69. The second-order valence-corrected chi connectivity index (χ2v) is 10.9. The van der Waals surface area contributed by atoms with Crippen LogP contribution in [0.25, 0.3) is 6.08 Å². The van der Waals surface area contributed by atoms with Crippen molar-refractivity contribution in [3.8, 4) is 11.5 Å². The Balaban J connectivity index is 1.52. The Morgan fingerprint density at radius 2 is 1.69 bits per heavy atom. The van der Waals surface area contributed by atoms with Crippen LogP contribution in [0.1, 0.15) is 15.9 Å². The molecule has 184 valence electrons. The Kier molecular flexibility index (Phi) is 7.62. The summed E-state index contributed by atoms with van der Waals surface area (Å²) >= 11 is 4.01. The van der Waals surface area contributed by atoms with E-state index in [9.17, 15) is 22.8 Å². The van der Waals surface area contributed by atoms with Gasteiger partial charge in [0.25, 0.3) is 11.1 Å². The van der Waals surface area contributed by atoms with Crippen LogP contribution in [0.5, 0.6) is 11.5 Å². The minimum absolute atomic E-state index is 0.0116. The number of ketones is 1. The minimum Gasteiger partial charge on any atom is -0.493 e. The zero-order chi connectivity index (χ0) is 25.9. The monoisotopic (exact) mass is 587 g/mol. The molecule has 0 aliphatic carbocycles. The maximum atomic E-state index is 12.8. The predicted molar refractivity (Wildman–Crippen MR) is 138 cm³/mol. The quantitative estimate of drug-likeness (QED) is 0.202. The lowest BCUT2D eigenvalue weighted by Gasteiger charge is -2.12. The Bertz CT molecular complexity index is 1470. The van der Waals surface area contributed by atoms with Gasteiger partial charge in [-0.15, -0.1) is 0 Å². The van der Waals surface area contributed by atoms with Crippen LogP contribution in [-0.2, 0) is 14.9 Å². The lowest BCUT2D eigenvalue weighted by atomic mass is 10.1. The topological polar surface area (TPSA) is 107 Å². The molecule has 1 saturated heterocycles. The van der Waals surface area contributed by atoms with Crippen LogP contribution < -0.4 is 8.92 Å². The van der Waals surface area contributed by atoms with Gasteiger partial charge in [-0.25, -0.2) is 0 Å². The fourth-order valence-corrected chi connectivity index (χ4v) is 5.32. The number of hydrogen-bond donors (Lipinski definition) is 0. The number of carbonyl (C=O) groups is 3. The first kappa shape index (κ1) is 25.7. The third-order valence-electron chi connectivity index (χ3n) is 5.06. The molecule has 2 amide bonds. The van der Waals surface area contributed by atoms with E-state index in [2.05, 4.69) is 15.9 Å². The van der Waals surface area contributed by atoms with Gasteiger partial charge >= 0.3 is 10.1 Å². The molecule has 0 unspecified atom stereocenters. The van der Waals surface area contributed by atoms with Crippen LogP contribution in [0.15, 0.2) is 87.1 Å². The number of thioether (sulfide) groups is 1. The molecular weight excluding hydrogens is 570 g/mol. The largest absolute Gasteiger partial charge is 0.493 e. The number of carbonyl (C=O) groups excluding carboxylic acids is 3. The molecule has 0 atom stereocenters. The maximum Gasteiger partial charge on any atom is 0.339 e. The molecule has 0 N–H and O–H groups in total. The summed E-state index contributed by atoms with van der Waals surface area (Å²) in [4.78, 5) is 38.8. The van der Waals surface area contributed by atoms with E-state index in [1.807, 2.05) is 0 Å². The van der Waals surface area contributed by atoms with Crippen molar-refractivity contribution in [2.75, 3.05) is 13.7 Å². The van der Waals surface area contributed by atoms with E-state index < -0.39 is 21.3 Å². The molecule has 0 saturated carbocycles. The summed E-state index contributed by atoms with van der Waals surface area (Å²) in [6.07, 6.45) is 1.47. The average molecular weight is 588 g/mol. The molecule has 3 aromatic rings. The van der Waals surface area contributed by atoms with Gasteiger partial charge in [0.05, 0.1) is 18.6 Å². The zero-order valence-electron chi connectivity index (χ0n) is 18.7. The molecule has 36 heavy (non-hydrogen) atoms. The fourth-order valence-electron chi connectivity index (χ4n) is 3.25. The number of hydrogen-bond acceptors (Lipinski definition) is 8. The van der Waals surface area contributed by atoms with E-state index >= 15 is 0 Å². The summed E-state index contributed by atoms with van der Waals surface area (Å²) in [6, 6.07) is 18.7. The molecule has 1 aliphatic rings. The van der Waals surface area contributed by atoms with E-state index in [0.29, 0.717) is 22.9 Å². The number of amides is 2. The number of halogens is 1. The maximum absolute atomic E-state index is 12.8. The molecule has 4 rings (SSSR count). The van der Waals surface area contributed by atoms with Crippen molar-refractivity contribution in [3.05, 3.63) is 93.3 Å². The number of methoxy groups -OCH3 is 1. The van der Waals surface area contributed by atoms with Gasteiger partial charge in [-0.3, -0.25) is 19.3 Å². The number of ether oxygens (including phenoxy) is 1. The van der Waals surface area contributed by atoms with Gasteiger partial charge in [0, 0.05) is 10.0 Å². The molecule has 1 heterocycles. The van der Waals surface area contributed by atoms with Crippen molar-refractivity contribution in [3.63, 3.8) is 0 Å². The molecular formula is C25H18BrNO7S2. The van der Waals surface area contributed by atoms with Crippen LogP contribution in [0, 0.1) is 0 Å². The molecule has 0 radical (unpaired) electrons. The van der Waals surface area contributed by atoms with Crippen molar-refractivity contribution in [1.29, 1.82) is 0 Å². The second kappa shape index (κ2) is 10.7. The summed E-state index contributed by atoms with van der Waals surface area (Å²) in [5.74, 6) is -0.880. The van der Waals surface area contributed by atoms with Crippen molar-refractivity contribution < 1.29 is 31.7 Å². The molecule has 8 nitrogen and oxygen atoms in total. The predicted octanol–water partition coefficient (Wildman–Crippen LogP) is 5.14. The third-order valence-corrected chi connectivity index (χ3v) is 7.74. The first-order valence-electron chi connectivity index (χ1n) is 10.4. The standard InChI is InChI=1S/C25H18BrNO7S2/c1-33-22-13-16(7-12-21(22)34-36(31,32)19-5-3-2-4-6-19)14-23-24(29)27(25(30)35-23)15-20(28)17-8-10-18(26)11-9-17/h2-14H,15H2,1H3/b23-14-. The van der Waals surface area contributed by atoms with Gasteiger partial charge in [-0.05, 0) is 59.8 Å². The number of nitrogens with zero attached hydrogens (tertiary/aromatic N) is 1. The van der Waals surface area contributed by atoms with Gasteiger partial charge in [-0.2, -0.15) is 8.42 Å². The van der Waals surface area contributed by atoms with E-state index in [1.165, 1.54) is 43.5 Å². The first-order valence-corrected chi connectivity index (χ1v) is 13.4. The van der Waals surface area contributed by atoms with E-state index in [-0.39, 0.29) is 33.6 Å². The Hall–Kier alpha value is -3.41. The van der Waals surface area contributed by atoms with Crippen LogP contribution in [0.3, 0.4) is 0 Å². The molecule has 3 aromatic carbocycles. The Labute approximate surface area is 220 Å². The van der Waals surface area contributed by atoms with Gasteiger partial charge in [0.1, 0.15) is 4.90 Å². The molecule has 1 aliphatic heterocycles. The molecule has 1 fully saturated rings. The highest BCUT2D eigenvalue weighted by atomic mass is 79.9. The van der Waals surface area contributed by atoms with Gasteiger partial charge < -0.3 is 8.92 Å². The van der Waals surface area contributed by atoms with Crippen molar-refractivity contribution in [2.24, 2.45) is 0 Å². The lowest BCUT2D eigenvalue weighted by molar-refractivity contribution is -0.122. The summed E-state index contributed by atoms with van der Waals surface area (Å²) in [7, 11) is -2.73. The number of Topliss-reactive ketones (excluding diaryl/α,β-unsaturated/α-hetero) is 1.